The summed E-state index contributed by atoms with van der Waals surface area (Å²) >= 11 is 0. The maximum Gasteiger partial charge on any atom is 0.249 e. The molecule has 1 amide bonds. The molecule has 1 aromatic carbocycles. The second-order valence-electron chi connectivity index (χ2n) is 5.90. The van der Waals surface area contributed by atoms with Crippen molar-refractivity contribution >= 4 is 5.91 Å². The SMILES string of the molecule is COc1ccccc1-c1noc(C(C)NC(=O)CCCCCCN)n1. The maximum absolute atomic E-state index is 12.0. The summed E-state index contributed by atoms with van der Waals surface area (Å²) < 4.78 is 10.6. The number of amides is 1. The summed E-state index contributed by atoms with van der Waals surface area (Å²) in [6, 6.07) is 7.11. The molecule has 0 saturated carbocycles. The number of carbonyl (C=O) groups is 1. The molecule has 136 valence electrons. The van der Waals surface area contributed by atoms with Crippen molar-refractivity contribution in [2.45, 2.75) is 45.1 Å². The van der Waals surface area contributed by atoms with Crippen molar-refractivity contribution in [3.8, 4) is 17.1 Å². The standard InChI is InChI=1S/C18H26N4O3/c1-13(20-16(23)11-5-3-4-8-12-19)18-21-17(22-25-18)14-9-6-7-10-15(14)24-2/h6-7,9-10,13H,3-5,8,11-12,19H2,1-2H3,(H,20,23). The Morgan fingerprint density at radius 2 is 2.04 bits per heavy atom. The number of para-hydroxylation sites is 1. The van der Waals surface area contributed by atoms with E-state index in [0.29, 0.717) is 30.4 Å². The molecule has 0 fully saturated rings. The monoisotopic (exact) mass is 346 g/mol. The van der Waals surface area contributed by atoms with Gasteiger partial charge in [-0.2, -0.15) is 4.98 Å². The van der Waals surface area contributed by atoms with E-state index in [0.717, 1.165) is 31.2 Å². The molecule has 25 heavy (non-hydrogen) atoms. The molecule has 0 aliphatic heterocycles. The Morgan fingerprint density at radius 1 is 1.28 bits per heavy atom. The van der Waals surface area contributed by atoms with Gasteiger partial charge >= 0.3 is 0 Å². The number of nitrogens with one attached hydrogen (secondary N) is 1. The van der Waals surface area contributed by atoms with Crippen molar-refractivity contribution in [1.82, 2.24) is 15.5 Å². The third-order valence-electron chi connectivity index (χ3n) is 3.90. The molecule has 0 bridgehead atoms. The van der Waals surface area contributed by atoms with Crippen LogP contribution in [0.25, 0.3) is 11.4 Å². The molecule has 1 unspecified atom stereocenters. The number of unbranched alkanes of at least 4 members (excludes halogenated alkanes) is 3. The minimum Gasteiger partial charge on any atom is -0.496 e. The smallest absolute Gasteiger partial charge is 0.249 e. The van der Waals surface area contributed by atoms with Gasteiger partial charge in [-0.05, 0) is 38.4 Å². The number of hydrogen-bond donors (Lipinski definition) is 2. The highest BCUT2D eigenvalue weighted by molar-refractivity contribution is 5.76. The van der Waals surface area contributed by atoms with Gasteiger partial charge in [0.15, 0.2) is 0 Å². The molecule has 0 aliphatic rings. The molecule has 2 rings (SSSR count). The molecule has 1 atom stereocenters. The lowest BCUT2D eigenvalue weighted by Gasteiger charge is -2.09. The lowest BCUT2D eigenvalue weighted by molar-refractivity contribution is -0.122. The zero-order valence-electron chi connectivity index (χ0n) is 14.8. The number of rotatable bonds is 10. The highest BCUT2D eigenvalue weighted by Gasteiger charge is 2.18. The number of aromatic nitrogens is 2. The van der Waals surface area contributed by atoms with Gasteiger partial charge in [0.2, 0.25) is 17.6 Å². The normalized spacial score (nSPS) is 12.0. The number of nitrogens with two attached hydrogens (primary N) is 1. The Morgan fingerprint density at radius 3 is 2.80 bits per heavy atom. The number of hydrogen-bond acceptors (Lipinski definition) is 6. The second kappa shape index (κ2) is 9.78. The van der Waals surface area contributed by atoms with E-state index in [-0.39, 0.29) is 11.9 Å². The largest absolute Gasteiger partial charge is 0.496 e. The molecule has 0 saturated heterocycles. The maximum atomic E-state index is 12.0. The minimum atomic E-state index is -0.340. The summed E-state index contributed by atoms with van der Waals surface area (Å²) in [6.45, 7) is 2.53. The van der Waals surface area contributed by atoms with Crippen LogP contribution in [-0.2, 0) is 4.79 Å². The van der Waals surface area contributed by atoms with Gasteiger partial charge in [0.1, 0.15) is 11.8 Å². The first-order valence-corrected chi connectivity index (χ1v) is 8.62. The summed E-state index contributed by atoms with van der Waals surface area (Å²) in [5.41, 5.74) is 6.20. The van der Waals surface area contributed by atoms with E-state index in [4.69, 9.17) is 15.0 Å². The topological polar surface area (TPSA) is 103 Å². The van der Waals surface area contributed by atoms with Gasteiger partial charge in [-0.25, -0.2) is 0 Å². The van der Waals surface area contributed by atoms with Crippen molar-refractivity contribution in [3.05, 3.63) is 30.2 Å². The molecule has 3 N–H and O–H groups in total. The van der Waals surface area contributed by atoms with Crippen LogP contribution in [0.4, 0.5) is 0 Å². The van der Waals surface area contributed by atoms with E-state index >= 15 is 0 Å². The van der Waals surface area contributed by atoms with E-state index in [1.54, 1.807) is 7.11 Å². The van der Waals surface area contributed by atoms with Crippen molar-refractivity contribution < 1.29 is 14.1 Å². The van der Waals surface area contributed by atoms with Crippen LogP contribution in [0.3, 0.4) is 0 Å². The van der Waals surface area contributed by atoms with Gasteiger partial charge in [-0.3, -0.25) is 4.79 Å². The van der Waals surface area contributed by atoms with Gasteiger partial charge in [0.25, 0.3) is 0 Å². The lowest BCUT2D eigenvalue weighted by atomic mass is 10.1. The van der Waals surface area contributed by atoms with Crippen LogP contribution >= 0.6 is 0 Å². The van der Waals surface area contributed by atoms with Crippen LogP contribution < -0.4 is 15.8 Å². The van der Waals surface area contributed by atoms with Gasteiger partial charge in [0.05, 0.1) is 12.7 Å². The van der Waals surface area contributed by atoms with E-state index < -0.39 is 0 Å². The van der Waals surface area contributed by atoms with E-state index in [1.807, 2.05) is 31.2 Å². The number of methoxy groups -OCH3 is 1. The predicted molar refractivity (Wildman–Crippen MR) is 95.0 cm³/mol. The van der Waals surface area contributed by atoms with Gasteiger partial charge in [-0.1, -0.05) is 30.1 Å². The molecule has 0 aliphatic carbocycles. The fourth-order valence-corrected chi connectivity index (χ4v) is 2.51. The molecule has 1 heterocycles. The van der Waals surface area contributed by atoms with E-state index in [9.17, 15) is 4.79 Å². The van der Waals surface area contributed by atoms with Crippen molar-refractivity contribution in [1.29, 1.82) is 0 Å². The zero-order chi connectivity index (χ0) is 18.1. The summed E-state index contributed by atoms with van der Waals surface area (Å²) in [5, 5.41) is 6.88. The Labute approximate surface area is 147 Å². The van der Waals surface area contributed by atoms with Crippen LogP contribution in [-0.4, -0.2) is 29.7 Å². The van der Waals surface area contributed by atoms with Crippen LogP contribution in [0.2, 0.25) is 0 Å². The number of ether oxygens (including phenoxy) is 1. The first-order valence-electron chi connectivity index (χ1n) is 8.62. The predicted octanol–water partition coefficient (Wildman–Crippen LogP) is 2.83. The second-order valence-corrected chi connectivity index (χ2v) is 5.90. The van der Waals surface area contributed by atoms with Crippen molar-refractivity contribution in [2.24, 2.45) is 5.73 Å². The zero-order valence-corrected chi connectivity index (χ0v) is 14.8. The van der Waals surface area contributed by atoms with Crippen LogP contribution in [0.5, 0.6) is 5.75 Å². The Bertz CT molecular complexity index is 672. The Balaban J connectivity index is 1.89. The molecule has 1 aromatic heterocycles. The molecular formula is C18H26N4O3. The first-order chi connectivity index (χ1) is 12.2. The van der Waals surface area contributed by atoms with Gasteiger partial charge in [0, 0.05) is 6.42 Å². The van der Waals surface area contributed by atoms with E-state index in [2.05, 4.69) is 15.5 Å². The Kier molecular flexibility index (Phi) is 7.40. The molecule has 7 heteroatoms. The van der Waals surface area contributed by atoms with Crippen molar-refractivity contribution in [2.75, 3.05) is 13.7 Å². The fourth-order valence-electron chi connectivity index (χ4n) is 2.51. The van der Waals surface area contributed by atoms with Crippen molar-refractivity contribution in [3.63, 3.8) is 0 Å². The van der Waals surface area contributed by atoms with Crippen LogP contribution in [0.15, 0.2) is 28.8 Å². The quantitative estimate of drug-likeness (QED) is 0.641. The average Bonchev–Trinajstić information content (AvgIpc) is 3.11. The van der Waals surface area contributed by atoms with Crippen LogP contribution in [0, 0.1) is 0 Å². The lowest BCUT2D eigenvalue weighted by Crippen LogP contribution is -2.26. The van der Waals surface area contributed by atoms with Gasteiger partial charge in [-0.15, -0.1) is 0 Å². The molecular weight excluding hydrogens is 320 g/mol. The molecule has 0 radical (unpaired) electrons. The summed E-state index contributed by atoms with van der Waals surface area (Å²) in [5.74, 6) is 1.47. The summed E-state index contributed by atoms with van der Waals surface area (Å²) in [7, 11) is 1.59. The number of carbonyl (C=O) groups excluding carboxylic acids is 1. The third-order valence-corrected chi connectivity index (χ3v) is 3.90. The molecule has 0 spiro atoms. The summed E-state index contributed by atoms with van der Waals surface area (Å²) in [6.07, 6.45) is 4.42. The molecule has 7 nitrogen and oxygen atoms in total. The fraction of sp³-hybridized carbons (Fsp3) is 0.500. The number of nitrogens with zero attached hydrogens (tertiary/aromatic N) is 2. The third kappa shape index (κ3) is 5.56. The summed E-state index contributed by atoms with van der Waals surface area (Å²) in [4.78, 5) is 16.4. The van der Waals surface area contributed by atoms with Crippen LogP contribution in [0.1, 0.15) is 51.0 Å². The number of benzene rings is 1. The van der Waals surface area contributed by atoms with Gasteiger partial charge < -0.3 is 20.3 Å². The average molecular weight is 346 g/mol. The highest BCUT2D eigenvalue weighted by atomic mass is 16.5. The highest BCUT2D eigenvalue weighted by Crippen LogP contribution is 2.27. The first kappa shape index (κ1) is 18.9. The minimum absolute atomic E-state index is 0.0164. The van der Waals surface area contributed by atoms with E-state index in [1.165, 1.54) is 0 Å². The molecule has 2 aromatic rings. The Hall–Kier alpha value is -2.41.